The molecule has 0 saturated heterocycles. The Morgan fingerprint density at radius 1 is 1.10 bits per heavy atom. The fraction of sp³-hybridized carbons (Fsp3) is 0.652. The average Bonchev–Trinajstić information content (AvgIpc) is 3.40. The van der Waals surface area contributed by atoms with Crippen molar-refractivity contribution < 1.29 is 14.0 Å². The van der Waals surface area contributed by atoms with Crippen molar-refractivity contribution in [3.63, 3.8) is 0 Å². The number of nitrogens with zero attached hydrogens (tertiary/aromatic N) is 2. The molecule has 0 bridgehead atoms. The van der Waals surface area contributed by atoms with E-state index in [1.54, 1.807) is 0 Å². The second kappa shape index (κ2) is 6.92. The summed E-state index contributed by atoms with van der Waals surface area (Å²) >= 11 is 0. The van der Waals surface area contributed by atoms with E-state index in [9.17, 15) is 9.59 Å². The third-order valence-electron chi connectivity index (χ3n) is 7.27. The van der Waals surface area contributed by atoms with Crippen molar-refractivity contribution in [3.05, 3.63) is 23.6 Å². The first kappa shape index (κ1) is 18.8. The second-order valence-corrected chi connectivity index (χ2v) is 9.42. The van der Waals surface area contributed by atoms with Gasteiger partial charge < -0.3 is 19.2 Å². The summed E-state index contributed by atoms with van der Waals surface area (Å²) in [5, 5.41) is 3.31. The topological polar surface area (TPSA) is 67.5 Å². The molecule has 2 aromatic heterocycles. The summed E-state index contributed by atoms with van der Waals surface area (Å²) in [6.07, 6.45) is 9.88. The lowest BCUT2D eigenvalue weighted by molar-refractivity contribution is -0.135. The summed E-state index contributed by atoms with van der Waals surface area (Å²) in [6.45, 7) is 4.35. The highest BCUT2D eigenvalue weighted by Crippen LogP contribution is 2.38. The van der Waals surface area contributed by atoms with Crippen LogP contribution in [0, 0.1) is 6.92 Å². The number of hydrogen-bond donors (Lipinski definition) is 1. The fourth-order valence-electron chi connectivity index (χ4n) is 5.74. The summed E-state index contributed by atoms with van der Waals surface area (Å²) < 4.78 is 7.79. The number of carbonyl (C=O) groups excluding carboxylic acids is 2. The second-order valence-electron chi connectivity index (χ2n) is 9.42. The van der Waals surface area contributed by atoms with Crippen LogP contribution in [0.3, 0.4) is 0 Å². The number of carbonyl (C=O) groups is 2. The van der Waals surface area contributed by atoms with Crippen LogP contribution >= 0.6 is 0 Å². The van der Waals surface area contributed by atoms with Gasteiger partial charge in [-0.3, -0.25) is 9.59 Å². The Morgan fingerprint density at radius 2 is 1.79 bits per heavy atom. The fourth-order valence-corrected chi connectivity index (χ4v) is 5.74. The number of rotatable bonds is 3. The van der Waals surface area contributed by atoms with Crippen molar-refractivity contribution in [2.45, 2.75) is 95.8 Å². The molecule has 1 aliphatic heterocycles. The third-order valence-corrected chi connectivity index (χ3v) is 7.27. The molecule has 1 N–H and O–H groups in total. The van der Waals surface area contributed by atoms with Gasteiger partial charge in [-0.1, -0.05) is 32.1 Å². The van der Waals surface area contributed by atoms with Crippen molar-refractivity contribution in [2.75, 3.05) is 0 Å². The molecule has 2 aliphatic carbocycles. The van der Waals surface area contributed by atoms with Gasteiger partial charge in [-0.15, -0.1) is 0 Å². The quantitative estimate of drug-likeness (QED) is 0.846. The van der Waals surface area contributed by atoms with E-state index in [2.05, 4.69) is 5.32 Å². The smallest absolute Gasteiger partial charge is 0.271 e. The van der Waals surface area contributed by atoms with Crippen LogP contribution in [-0.2, 0) is 11.3 Å². The van der Waals surface area contributed by atoms with E-state index in [1.165, 1.54) is 19.3 Å². The van der Waals surface area contributed by atoms with Gasteiger partial charge in [-0.05, 0) is 39.5 Å². The van der Waals surface area contributed by atoms with E-state index in [0.717, 1.165) is 55.4 Å². The van der Waals surface area contributed by atoms with Crippen LogP contribution in [-0.4, -0.2) is 38.9 Å². The van der Waals surface area contributed by atoms with E-state index >= 15 is 0 Å². The van der Waals surface area contributed by atoms with Crippen LogP contribution in [0.25, 0.3) is 11.1 Å². The Morgan fingerprint density at radius 3 is 2.52 bits per heavy atom. The number of fused-ring (bicyclic) bond motifs is 3. The summed E-state index contributed by atoms with van der Waals surface area (Å²) in [4.78, 5) is 29.2. The van der Waals surface area contributed by atoms with Crippen LogP contribution < -0.4 is 5.32 Å². The maximum atomic E-state index is 13.7. The van der Waals surface area contributed by atoms with E-state index in [1.807, 2.05) is 35.4 Å². The van der Waals surface area contributed by atoms with E-state index in [-0.39, 0.29) is 23.9 Å². The van der Waals surface area contributed by atoms with Crippen molar-refractivity contribution in [1.82, 2.24) is 14.8 Å². The van der Waals surface area contributed by atoms with Gasteiger partial charge in [0.05, 0.1) is 12.1 Å². The monoisotopic (exact) mass is 397 g/mol. The molecule has 2 saturated carbocycles. The van der Waals surface area contributed by atoms with Crippen LogP contribution in [0.15, 0.2) is 16.5 Å². The number of aromatic nitrogens is 1. The lowest BCUT2D eigenvalue weighted by Crippen LogP contribution is -2.67. The predicted molar refractivity (Wildman–Crippen MR) is 111 cm³/mol. The van der Waals surface area contributed by atoms with Gasteiger partial charge in [0, 0.05) is 24.2 Å². The minimum absolute atomic E-state index is 0.00244. The summed E-state index contributed by atoms with van der Waals surface area (Å²) in [5.74, 6) is 0.787. The largest absolute Gasteiger partial charge is 0.460 e. The van der Waals surface area contributed by atoms with Gasteiger partial charge in [0.2, 0.25) is 5.91 Å². The van der Waals surface area contributed by atoms with Crippen molar-refractivity contribution in [1.29, 1.82) is 0 Å². The first-order valence-corrected chi connectivity index (χ1v) is 11.2. The lowest BCUT2D eigenvalue weighted by atomic mass is 9.90. The molecule has 3 aliphatic rings. The van der Waals surface area contributed by atoms with E-state index in [0.29, 0.717) is 12.2 Å². The highest BCUT2D eigenvalue weighted by atomic mass is 16.3. The van der Waals surface area contributed by atoms with E-state index < -0.39 is 5.54 Å². The summed E-state index contributed by atoms with van der Waals surface area (Å²) in [7, 11) is 0. The Hall–Kier alpha value is -2.24. The van der Waals surface area contributed by atoms with Crippen LogP contribution in [0.4, 0.5) is 0 Å². The van der Waals surface area contributed by atoms with Gasteiger partial charge in [0.15, 0.2) is 5.58 Å². The zero-order valence-corrected chi connectivity index (χ0v) is 17.5. The van der Waals surface area contributed by atoms with Gasteiger partial charge >= 0.3 is 0 Å². The number of furan rings is 1. The number of aryl methyl sites for hydroxylation is 1. The minimum atomic E-state index is -0.881. The maximum Gasteiger partial charge on any atom is 0.271 e. The standard InChI is InChI=1S/C23H31N3O3/c1-15-12-18-20(29-15)13-19-21(27)26(17-10-6-7-11-17)23(2,14-25(18)19)22(28)24-16-8-4-3-5-9-16/h12-13,16-17H,3-11,14H2,1-2H3,(H,24,28)/t23-/m0/s1. The Labute approximate surface area is 171 Å². The highest BCUT2D eigenvalue weighted by Gasteiger charge is 2.51. The highest BCUT2D eigenvalue weighted by molar-refractivity contribution is 6.03. The molecule has 2 fully saturated rings. The normalized spacial score (nSPS) is 26.3. The first-order valence-electron chi connectivity index (χ1n) is 11.2. The predicted octanol–water partition coefficient (Wildman–Crippen LogP) is 4.15. The molecule has 0 spiro atoms. The third kappa shape index (κ3) is 2.99. The number of nitrogens with one attached hydrogen (secondary N) is 1. The molecule has 1 atom stereocenters. The molecule has 6 heteroatoms. The zero-order chi connectivity index (χ0) is 20.2. The Bertz CT molecular complexity index is 946. The number of amides is 2. The van der Waals surface area contributed by atoms with Crippen LogP contribution in [0.2, 0.25) is 0 Å². The molecule has 156 valence electrons. The molecule has 0 unspecified atom stereocenters. The lowest BCUT2D eigenvalue weighted by Gasteiger charge is -2.47. The van der Waals surface area contributed by atoms with Gasteiger partial charge in [0.25, 0.3) is 5.91 Å². The average molecular weight is 398 g/mol. The molecule has 29 heavy (non-hydrogen) atoms. The van der Waals surface area contributed by atoms with E-state index in [4.69, 9.17) is 4.42 Å². The molecule has 5 rings (SSSR count). The molecule has 2 amide bonds. The van der Waals surface area contributed by atoms with Gasteiger partial charge in [-0.25, -0.2) is 0 Å². The number of hydrogen-bond acceptors (Lipinski definition) is 3. The molecule has 0 radical (unpaired) electrons. The Kier molecular flexibility index (Phi) is 4.48. The van der Waals surface area contributed by atoms with Crippen molar-refractivity contribution >= 4 is 22.9 Å². The molecule has 2 aromatic rings. The Balaban J connectivity index is 1.54. The summed E-state index contributed by atoms with van der Waals surface area (Å²) in [5.41, 5.74) is 1.41. The van der Waals surface area contributed by atoms with Crippen LogP contribution in [0.5, 0.6) is 0 Å². The van der Waals surface area contributed by atoms with Crippen molar-refractivity contribution in [3.8, 4) is 0 Å². The summed E-state index contributed by atoms with van der Waals surface area (Å²) in [6, 6.07) is 4.19. The van der Waals surface area contributed by atoms with Crippen LogP contribution in [0.1, 0.15) is 81.0 Å². The first-order chi connectivity index (χ1) is 14.0. The molecule has 6 nitrogen and oxygen atoms in total. The minimum Gasteiger partial charge on any atom is -0.460 e. The SMILES string of the molecule is Cc1cc2c(cc3n2C[C@@](C)(C(=O)NC2CCCCC2)N(C2CCCC2)C3=O)o1. The maximum absolute atomic E-state index is 13.7. The molecular weight excluding hydrogens is 366 g/mol. The van der Waals surface area contributed by atoms with Crippen molar-refractivity contribution in [2.24, 2.45) is 0 Å². The van der Waals surface area contributed by atoms with Gasteiger partial charge in [0.1, 0.15) is 17.0 Å². The zero-order valence-electron chi connectivity index (χ0n) is 17.5. The molecule has 0 aromatic carbocycles. The molecular formula is C23H31N3O3. The molecule has 3 heterocycles. The van der Waals surface area contributed by atoms with Gasteiger partial charge in [-0.2, -0.15) is 0 Å².